The smallest absolute Gasteiger partial charge is 0.0810 e. The van der Waals surface area contributed by atoms with Gasteiger partial charge < -0.3 is 4.74 Å². The molecule has 0 amide bonds. The Bertz CT molecular complexity index is 442. The first-order valence-electron chi connectivity index (χ1n) is 19.5. The molecule has 1 unspecified atom stereocenters. The largest absolute Gasteiger partial charge is 0.373 e. The average molecular weight is 563 g/mol. The van der Waals surface area contributed by atoms with Crippen LogP contribution in [0.25, 0.3) is 0 Å². The summed E-state index contributed by atoms with van der Waals surface area (Å²) in [5, 5.41) is 0. The van der Waals surface area contributed by atoms with Crippen LogP contribution in [0.2, 0.25) is 0 Å². The molecule has 0 spiro atoms. The fourth-order valence-electron chi connectivity index (χ4n) is 6.51. The molecule has 0 radical (unpaired) electrons. The van der Waals surface area contributed by atoms with Crippen molar-refractivity contribution in [1.82, 2.24) is 0 Å². The first-order valence-corrected chi connectivity index (χ1v) is 19.5. The topological polar surface area (TPSA) is 12.5 Å². The summed E-state index contributed by atoms with van der Waals surface area (Å²) >= 11 is 0. The van der Waals surface area contributed by atoms with Crippen LogP contribution in [0.3, 0.4) is 0 Å². The summed E-state index contributed by atoms with van der Waals surface area (Å²) in [7, 11) is 0. The molecule has 0 aromatic carbocycles. The Morgan fingerprint density at radius 1 is 0.300 bits per heavy atom. The number of epoxide rings is 1. The summed E-state index contributed by atoms with van der Waals surface area (Å²) in [6.45, 7) is 3.35. The number of hydrogen-bond donors (Lipinski definition) is 0. The van der Waals surface area contributed by atoms with E-state index in [9.17, 15) is 0 Å². The van der Waals surface area contributed by atoms with Crippen molar-refractivity contribution < 1.29 is 4.74 Å². The zero-order valence-corrected chi connectivity index (χ0v) is 28.1. The third-order valence-corrected chi connectivity index (χ3v) is 9.53. The number of ether oxygens (including phenoxy) is 1. The van der Waals surface area contributed by atoms with Gasteiger partial charge >= 0.3 is 0 Å². The van der Waals surface area contributed by atoms with Gasteiger partial charge in [-0.1, -0.05) is 232 Å². The monoisotopic (exact) mass is 563 g/mol. The highest BCUT2D eigenvalue weighted by Gasteiger charge is 2.20. The normalized spacial score (nSPS) is 14.8. The summed E-state index contributed by atoms with van der Waals surface area (Å²) in [6.07, 6.45) is 53.7. The van der Waals surface area contributed by atoms with Crippen LogP contribution in [0.5, 0.6) is 0 Å². The lowest BCUT2D eigenvalue weighted by Gasteiger charge is -2.05. The van der Waals surface area contributed by atoms with Gasteiger partial charge in [-0.15, -0.1) is 0 Å². The molecular weight excluding hydrogens is 484 g/mol. The van der Waals surface area contributed by atoms with Gasteiger partial charge in [0.25, 0.3) is 0 Å². The molecule has 1 heterocycles. The van der Waals surface area contributed by atoms with E-state index >= 15 is 0 Å². The highest BCUT2D eigenvalue weighted by atomic mass is 16.6. The number of hydrogen-bond acceptors (Lipinski definition) is 1. The highest BCUT2D eigenvalue weighted by Crippen LogP contribution is 2.19. The van der Waals surface area contributed by atoms with Gasteiger partial charge in [0, 0.05) is 0 Å². The highest BCUT2D eigenvalue weighted by molar-refractivity contribution is 4.68. The van der Waals surface area contributed by atoms with E-state index in [1.807, 2.05) is 0 Å². The minimum Gasteiger partial charge on any atom is -0.373 e. The van der Waals surface area contributed by atoms with Crippen LogP contribution >= 0.6 is 0 Å². The third-order valence-electron chi connectivity index (χ3n) is 9.53. The summed E-state index contributed by atoms with van der Waals surface area (Å²) in [4.78, 5) is 0. The van der Waals surface area contributed by atoms with Gasteiger partial charge in [0.05, 0.1) is 12.7 Å². The minimum atomic E-state index is 0.646. The maximum atomic E-state index is 5.28. The lowest BCUT2D eigenvalue weighted by molar-refractivity contribution is 0.387. The van der Waals surface area contributed by atoms with Crippen molar-refractivity contribution in [3.63, 3.8) is 0 Å². The molecule has 1 rings (SSSR count). The molecule has 1 fully saturated rings. The Morgan fingerprint density at radius 3 is 0.650 bits per heavy atom. The minimum absolute atomic E-state index is 0.646. The van der Waals surface area contributed by atoms with Gasteiger partial charge in [-0.25, -0.2) is 0 Å². The van der Waals surface area contributed by atoms with Gasteiger partial charge in [-0.3, -0.25) is 0 Å². The fraction of sp³-hybridized carbons (Fsp3) is 1.00. The standard InChI is InChI=1S/C39H78O/c1-2-3-4-5-6-7-8-9-10-11-12-13-14-15-16-17-18-19-20-21-22-23-24-25-26-27-28-29-30-31-32-33-34-35-36-37-39-38-40-39/h39H,2-38H2,1H3. The van der Waals surface area contributed by atoms with Crippen molar-refractivity contribution in [3.05, 3.63) is 0 Å². The van der Waals surface area contributed by atoms with E-state index in [4.69, 9.17) is 4.74 Å². The van der Waals surface area contributed by atoms with Crippen molar-refractivity contribution in [2.75, 3.05) is 6.61 Å². The molecule has 0 bridgehead atoms. The fourth-order valence-corrected chi connectivity index (χ4v) is 6.51. The van der Waals surface area contributed by atoms with E-state index < -0.39 is 0 Å². The molecule has 1 aliphatic rings. The van der Waals surface area contributed by atoms with E-state index in [2.05, 4.69) is 6.92 Å². The van der Waals surface area contributed by atoms with Crippen LogP contribution < -0.4 is 0 Å². The van der Waals surface area contributed by atoms with Gasteiger partial charge in [-0.05, 0) is 6.42 Å². The Hall–Kier alpha value is -0.0400. The lowest BCUT2D eigenvalue weighted by atomic mass is 10.0. The molecule has 0 aromatic rings. The Balaban J connectivity index is 1.58. The molecule has 0 aromatic heterocycles. The molecule has 0 aliphatic carbocycles. The first kappa shape index (κ1) is 38.0. The van der Waals surface area contributed by atoms with Crippen LogP contribution in [0, 0.1) is 0 Å². The van der Waals surface area contributed by atoms with Crippen molar-refractivity contribution in [1.29, 1.82) is 0 Å². The maximum absolute atomic E-state index is 5.28. The first-order chi connectivity index (χ1) is 19.9. The molecule has 240 valence electrons. The van der Waals surface area contributed by atoms with Crippen LogP contribution in [0.4, 0.5) is 0 Å². The van der Waals surface area contributed by atoms with E-state index in [1.54, 1.807) is 0 Å². The summed E-state index contributed by atoms with van der Waals surface area (Å²) < 4.78 is 5.28. The Kier molecular flexibility index (Phi) is 31.8. The quantitative estimate of drug-likeness (QED) is 0.0546. The van der Waals surface area contributed by atoms with Crippen molar-refractivity contribution >= 4 is 0 Å². The second-order valence-corrected chi connectivity index (χ2v) is 13.8. The summed E-state index contributed by atoms with van der Waals surface area (Å²) in [5.74, 6) is 0. The summed E-state index contributed by atoms with van der Waals surface area (Å²) in [6, 6.07) is 0. The second-order valence-electron chi connectivity index (χ2n) is 13.8. The van der Waals surface area contributed by atoms with Gasteiger partial charge in [0.2, 0.25) is 0 Å². The van der Waals surface area contributed by atoms with E-state index in [-0.39, 0.29) is 0 Å². The van der Waals surface area contributed by atoms with Crippen LogP contribution in [-0.4, -0.2) is 12.7 Å². The molecule has 1 aliphatic heterocycles. The van der Waals surface area contributed by atoms with E-state index in [1.165, 1.54) is 231 Å². The average Bonchev–Trinajstić information content (AvgIpc) is 3.80. The SMILES string of the molecule is CCCCCCCCCCCCCCCCCCCCCCCCCCCCCCCCCCCCCC1CO1. The van der Waals surface area contributed by atoms with Gasteiger partial charge in [-0.2, -0.15) is 0 Å². The third kappa shape index (κ3) is 32.5. The molecule has 0 saturated carbocycles. The van der Waals surface area contributed by atoms with E-state index in [0.717, 1.165) is 6.61 Å². The molecule has 1 atom stereocenters. The molecule has 40 heavy (non-hydrogen) atoms. The number of rotatable bonds is 36. The molecule has 1 nitrogen and oxygen atoms in total. The Morgan fingerprint density at radius 2 is 0.475 bits per heavy atom. The predicted octanol–water partition coefficient (Wildman–Crippen LogP) is 14.4. The zero-order chi connectivity index (χ0) is 28.4. The molecule has 1 heteroatoms. The lowest BCUT2D eigenvalue weighted by Crippen LogP contribution is -1.86. The molecular formula is C39H78O. The number of unbranched alkanes of at least 4 members (excludes halogenated alkanes) is 34. The van der Waals surface area contributed by atoms with Crippen LogP contribution in [0.1, 0.15) is 238 Å². The predicted molar refractivity (Wildman–Crippen MR) is 182 cm³/mol. The van der Waals surface area contributed by atoms with Gasteiger partial charge in [0.15, 0.2) is 0 Å². The van der Waals surface area contributed by atoms with Crippen LogP contribution in [0.15, 0.2) is 0 Å². The second kappa shape index (κ2) is 33.5. The van der Waals surface area contributed by atoms with Crippen molar-refractivity contribution in [3.8, 4) is 0 Å². The van der Waals surface area contributed by atoms with Crippen molar-refractivity contribution in [2.45, 2.75) is 244 Å². The summed E-state index contributed by atoms with van der Waals surface area (Å²) in [5.41, 5.74) is 0. The maximum Gasteiger partial charge on any atom is 0.0810 e. The zero-order valence-electron chi connectivity index (χ0n) is 28.1. The van der Waals surface area contributed by atoms with Crippen LogP contribution in [-0.2, 0) is 4.74 Å². The van der Waals surface area contributed by atoms with Gasteiger partial charge in [0.1, 0.15) is 0 Å². The Labute approximate surface area is 255 Å². The molecule has 1 saturated heterocycles. The van der Waals surface area contributed by atoms with Crippen molar-refractivity contribution in [2.24, 2.45) is 0 Å². The molecule has 0 N–H and O–H groups in total. The van der Waals surface area contributed by atoms with E-state index in [0.29, 0.717) is 6.10 Å².